The molecular weight excluding hydrogens is 370 g/mol. The number of aromatic nitrogens is 4. The van der Waals surface area contributed by atoms with E-state index in [4.69, 9.17) is 36.8 Å². The number of halogens is 1. The molecule has 0 amide bonds. The molecule has 9 nitrogen and oxygen atoms in total. The van der Waals surface area contributed by atoms with E-state index >= 15 is 0 Å². The fourth-order valence-electron chi connectivity index (χ4n) is 3.90. The summed E-state index contributed by atoms with van der Waals surface area (Å²) in [5.41, 5.74) is 7.39. The number of nitrogens with two attached hydrogens (primary N) is 1. The van der Waals surface area contributed by atoms with Gasteiger partial charge in [0.05, 0.1) is 38.0 Å². The van der Waals surface area contributed by atoms with Crippen LogP contribution in [0.3, 0.4) is 0 Å². The summed E-state index contributed by atoms with van der Waals surface area (Å²) in [5.74, 6) is 2.56. The molecular formula is C17H20ClN7O2. The van der Waals surface area contributed by atoms with E-state index in [9.17, 15) is 0 Å². The van der Waals surface area contributed by atoms with Gasteiger partial charge in [0, 0.05) is 37.8 Å². The van der Waals surface area contributed by atoms with Crippen LogP contribution in [0.4, 0.5) is 17.6 Å². The van der Waals surface area contributed by atoms with Crippen LogP contribution in [0.25, 0.3) is 11.4 Å². The van der Waals surface area contributed by atoms with Crippen molar-refractivity contribution < 1.29 is 9.47 Å². The number of nitrogens with zero attached hydrogens (tertiary/aromatic N) is 6. The molecule has 3 aliphatic rings. The first kappa shape index (κ1) is 16.9. The highest BCUT2D eigenvalue weighted by molar-refractivity contribution is 6.32. The molecule has 27 heavy (non-hydrogen) atoms. The van der Waals surface area contributed by atoms with E-state index < -0.39 is 0 Å². The van der Waals surface area contributed by atoms with Gasteiger partial charge in [-0.3, -0.25) is 0 Å². The molecule has 1 atom stereocenters. The van der Waals surface area contributed by atoms with Crippen molar-refractivity contribution in [2.75, 3.05) is 61.6 Å². The Morgan fingerprint density at radius 3 is 2.63 bits per heavy atom. The van der Waals surface area contributed by atoms with Crippen molar-refractivity contribution in [3.63, 3.8) is 0 Å². The molecule has 2 saturated heterocycles. The van der Waals surface area contributed by atoms with Gasteiger partial charge in [0.1, 0.15) is 16.8 Å². The highest BCUT2D eigenvalue weighted by atomic mass is 35.5. The minimum atomic E-state index is 0.131. The Hall–Kier alpha value is -2.23. The monoisotopic (exact) mass is 389 g/mol. The first-order valence-electron chi connectivity index (χ1n) is 9.07. The minimum Gasteiger partial charge on any atom is -0.378 e. The van der Waals surface area contributed by atoms with Crippen LogP contribution in [0.5, 0.6) is 0 Å². The Labute approximate surface area is 161 Å². The predicted molar refractivity (Wildman–Crippen MR) is 101 cm³/mol. The van der Waals surface area contributed by atoms with Crippen molar-refractivity contribution in [3.8, 4) is 11.4 Å². The van der Waals surface area contributed by atoms with Gasteiger partial charge in [-0.2, -0.15) is 0 Å². The first-order valence-corrected chi connectivity index (χ1v) is 9.45. The van der Waals surface area contributed by atoms with Gasteiger partial charge in [0.15, 0.2) is 5.82 Å². The maximum Gasteiger partial charge on any atom is 0.221 e. The summed E-state index contributed by atoms with van der Waals surface area (Å²) >= 11 is 6.31. The number of anilines is 3. The van der Waals surface area contributed by atoms with Gasteiger partial charge < -0.3 is 25.0 Å². The average molecular weight is 390 g/mol. The predicted octanol–water partition coefficient (Wildman–Crippen LogP) is 0.767. The van der Waals surface area contributed by atoms with Crippen LogP contribution in [0.2, 0.25) is 5.15 Å². The number of morpholine rings is 2. The van der Waals surface area contributed by atoms with E-state index in [-0.39, 0.29) is 11.1 Å². The Bertz CT molecular complexity index is 875. The molecule has 5 heterocycles. The summed E-state index contributed by atoms with van der Waals surface area (Å²) in [4.78, 5) is 22.4. The average Bonchev–Trinajstić information content (AvgIpc) is 3.07. The van der Waals surface area contributed by atoms with Crippen LogP contribution in [0, 0.1) is 0 Å². The van der Waals surface area contributed by atoms with E-state index in [0.717, 1.165) is 37.7 Å². The third kappa shape index (κ3) is 2.95. The number of fused-ring (bicyclic) bond motifs is 3. The number of ether oxygens (including phenoxy) is 2. The molecule has 0 spiro atoms. The Kier molecular flexibility index (Phi) is 4.22. The Morgan fingerprint density at radius 1 is 1.04 bits per heavy atom. The van der Waals surface area contributed by atoms with Crippen molar-refractivity contribution in [2.45, 2.75) is 12.5 Å². The van der Waals surface area contributed by atoms with E-state index in [1.165, 1.54) is 5.56 Å². The van der Waals surface area contributed by atoms with Gasteiger partial charge in [0.25, 0.3) is 0 Å². The lowest BCUT2D eigenvalue weighted by molar-refractivity contribution is 0.0973. The quantitative estimate of drug-likeness (QED) is 0.746. The Morgan fingerprint density at radius 2 is 1.81 bits per heavy atom. The van der Waals surface area contributed by atoms with Crippen molar-refractivity contribution >= 4 is 29.2 Å². The number of nitrogen functional groups attached to an aromatic ring is 1. The van der Waals surface area contributed by atoms with Crippen LogP contribution < -0.4 is 15.5 Å². The van der Waals surface area contributed by atoms with Gasteiger partial charge in [-0.25, -0.2) is 19.9 Å². The van der Waals surface area contributed by atoms with E-state index in [1.807, 2.05) is 0 Å². The van der Waals surface area contributed by atoms with Crippen LogP contribution in [-0.4, -0.2) is 72.0 Å². The van der Waals surface area contributed by atoms with Gasteiger partial charge in [0.2, 0.25) is 5.95 Å². The molecule has 2 N–H and O–H groups in total. The lowest BCUT2D eigenvalue weighted by Crippen LogP contribution is -2.43. The van der Waals surface area contributed by atoms with Crippen LogP contribution in [0.15, 0.2) is 6.20 Å². The molecule has 2 fully saturated rings. The fourth-order valence-corrected chi connectivity index (χ4v) is 4.12. The summed E-state index contributed by atoms with van der Waals surface area (Å²) in [5, 5.41) is 0.256. The maximum atomic E-state index is 6.31. The third-order valence-corrected chi connectivity index (χ3v) is 5.50. The van der Waals surface area contributed by atoms with Crippen molar-refractivity contribution in [1.82, 2.24) is 19.9 Å². The van der Waals surface area contributed by atoms with Gasteiger partial charge >= 0.3 is 0 Å². The molecule has 0 saturated carbocycles. The smallest absolute Gasteiger partial charge is 0.221 e. The second kappa shape index (κ2) is 6.74. The first-order chi connectivity index (χ1) is 13.2. The molecule has 10 heteroatoms. The zero-order valence-corrected chi connectivity index (χ0v) is 15.5. The lowest BCUT2D eigenvalue weighted by atomic mass is 10.1. The van der Waals surface area contributed by atoms with Crippen molar-refractivity contribution in [1.29, 1.82) is 0 Å². The second-order valence-electron chi connectivity index (χ2n) is 6.83. The molecule has 0 bridgehead atoms. The van der Waals surface area contributed by atoms with Gasteiger partial charge in [-0.1, -0.05) is 11.6 Å². The van der Waals surface area contributed by atoms with E-state index in [2.05, 4.69) is 19.8 Å². The summed E-state index contributed by atoms with van der Waals surface area (Å²) in [6, 6.07) is 0.302. The molecule has 0 unspecified atom stereocenters. The number of hydrogen-bond donors (Lipinski definition) is 1. The standard InChI is InChI=1S/C17H20ClN7O2/c18-13-12(8-20-17(19)21-13)14-22-15(24-1-4-26-5-2-24)11-7-10-9-27-6-3-25(10)16(11)23-14/h8,10H,1-7,9H2,(H2,19,20,21)/t10-/m0/s1. The van der Waals surface area contributed by atoms with E-state index in [1.54, 1.807) is 6.20 Å². The third-order valence-electron chi connectivity index (χ3n) is 5.22. The zero-order chi connectivity index (χ0) is 18.4. The molecule has 3 aliphatic heterocycles. The Balaban J connectivity index is 1.64. The summed E-state index contributed by atoms with van der Waals surface area (Å²) in [7, 11) is 0. The topological polar surface area (TPSA) is 103 Å². The normalized spacial score (nSPS) is 21.9. The van der Waals surface area contributed by atoms with Crippen LogP contribution in [-0.2, 0) is 15.9 Å². The number of hydrogen-bond acceptors (Lipinski definition) is 9. The van der Waals surface area contributed by atoms with Crippen molar-refractivity contribution in [3.05, 3.63) is 16.9 Å². The largest absolute Gasteiger partial charge is 0.378 e. The SMILES string of the molecule is Nc1ncc(-c2nc(N3CCOCC3)c3c(n2)N2CCOC[C@@H]2C3)c(Cl)n1. The maximum absolute atomic E-state index is 6.31. The van der Waals surface area contributed by atoms with Crippen molar-refractivity contribution in [2.24, 2.45) is 0 Å². The van der Waals surface area contributed by atoms with E-state index in [0.29, 0.717) is 43.9 Å². The molecule has 0 radical (unpaired) electrons. The molecule has 142 valence electrons. The fraction of sp³-hybridized carbons (Fsp3) is 0.529. The molecule has 2 aromatic heterocycles. The minimum absolute atomic E-state index is 0.131. The highest BCUT2D eigenvalue weighted by Gasteiger charge is 2.37. The summed E-state index contributed by atoms with van der Waals surface area (Å²) in [6.07, 6.45) is 2.47. The van der Waals surface area contributed by atoms with Gasteiger partial charge in [-0.05, 0) is 0 Å². The highest BCUT2D eigenvalue weighted by Crippen LogP contribution is 2.39. The van der Waals surface area contributed by atoms with Gasteiger partial charge in [-0.15, -0.1) is 0 Å². The van der Waals surface area contributed by atoms with Crippen LogP contribution >= 0.6 is 11.6 Å². The molecule has 0 aliphatic carbocycles. The lowest BCUT2D eigenvalue weighted by Gasteiger charge is -2.31. The summed E-state index contributed by atoms with van der Waals surface area (Å²) in [6.45, 7) is 5.22. The molecule has 2 aromatic rings. The summed E-state index contributed by atoms with van der Waals surface area (Å²) < 4.78 is 11.2. The van der Waals surface area contributed by atoms with Crippen LogP contribution in [0.1, 0.15) is 5.56 Å². The molecule has 0 aromatic carbocycles. The zero-order valence-electron chi connectivity index (χ0n) is 14.8. The molecule has 5 rings (SSSR count). The number of rotatable bonds is 2. The second-order valence-corrected chi connectivity index (χ2v) is 7.19.